The van der Waals surface area contributed by atoms with Crippen molar-refractivity contribution in [2.24, 2.45) is 0 Å². The lowest BCUT2D eigenvalue weighted by Crippen LogP contribution is -2.18. The maximum Gasteiger partial charge on any atom is 0.0362 e. The molecule has 1 aliphatic heterocycles. The zero-order chi connectivity index (χ0) is 9.97. The van der Waals surface area contributed by atoms with Crippen LogP contribution in [0.1, 0.15) is 13.3 Å². The molecule has 0 bridgehead atoms. The number of nitrogens with one attached hydrogen (secondary N) is 1. The summed E-state index contributed by atoms with van der Waals surface area (Å²) in [7, 11) is 0. The zero-order valence-electron chi connectivity index (χ0n) is 8.16. The third-order valence-corrected chi connectivity index (χ3v) is 4.30. The molecule has 0 aliphatic carbocycles. The van der Waals surface area contributed by atoms with E-state index in [1.165, 1.54) is 17.9 Å². The van der Waals surface area contributed by atoms with E-state index in [0.717, 1.165) is 9.72 Å². The predicted octanol–water partition coefficient (Wildman–Crippen LogP) is 3.76. The van der Waals surface area contributed by atoms with E-state index in [1.807, 2.05) is 0 Å². The second-order valence-corrected chi connectivity index (χ2v) is 6.11. The minimum absolute atomic E-state index is 0.649. The van der Waals surface area contributed by atoms with E-state index in [2.05, 4.69) is 64.2 Å². The standard InChI is InChI=1S/C11H14BrNS/c1-8-6-11(7-14-8)13-10-4-2-9(12)3-5-10/h2-5,8,11,13H,6-7H2,1H3. The average Bonchev–Trinajstić information content (AvgIpc) is 2.56. The van der Waals surface area contributed by atoms with E-state index < -0.39 is 0 Å². The van der Waals surface area contributed by atoms with Gasteiger partial charge in [0.2, 0.25) is 0 Å². The van der Waals surface area contributed by atoms with E-state index in [-0.39, 0.29) is 0 Å². The number of halogens is 1. The fraction of sp³-hybridized carbons (Fsp3) is 0.455. The highest BCUT2D eigenvalue weighted by molar-refractivity contribution is 9.10. The predicted molar refractivity (Wildman–Crippen MR) is 68.1 cm³/mol. The van der Waals surface area contributed by atoms with Crippen LogP contribution in [0.5, 0.6) is 0 Å². The number of anilines is 1. The van der Waals surface area contributed by atoms with Gasteiger partial charge >= 0.3 is 0 Å². The molecule has 3 heteroatoms. The monoisotopic (exact) mass is 271 g/mol. The largest absolute Gasteiger partial charge is 0.381 e. The molecule has 0 saturated carbocycles. The van der Waals surface area contributed by atoms with Crippen LogP contribution in [0.3, 0.4) is 0 Å². The minimum atomic E-state index is 0.649. The Kier molecular flexibility index (Phi) is 3.39. The van der Waals surface area contributed by atoms with Gasteiger partial charge in [0.05, 0.1) is 0 Å². The van der Waals surface area contributed by atoms with Gasteiger partial charge in [-0.25, -0.2) is 0 Å². The van der Waals surface area contributed by atoms with Crippen LogP contribution in [0.15, 0.2) is 28.7 Å². The highest BCUT2D eigenvalue weighted by Gasteiger charge is 2.21. The maximum absolute atomic E-state index is 3.56. The third kappa shape index (κ3) is 2.67. The van der Waals surface area contributed by atoms with Crippen LogP contribution in [0, 0.1) is 0 Å². The molecule has 1 aliphatic rings. The molecule has 0 spiro atoms. The van der Waals surface area contributed by atoms with E-state index in [1.54, 1.807) is 0 Å². The van der Waals surface area contributed by atoms with Crippen LogP contribution in [0.4, 0.5) is 5.69 Å². The Bertz CT molecular complexity index is 299. The van der Waals surface area contributed by atoms with Gasteiger partial charge in [-0.05, 0) is 30.7 Å². The van der Waals surface area contributed by atoms with E-state index in [9.17, 15) is 0 Å². The van der Waals surface area contributed by atoms with Gasteiger partial charge in [-0.3, -0.25) is 0 Å². The Balaban J connectivity index is 1.94. The Hall–Kier alpha value is -0.150. The van der Waals surface area contributed by atoms with Gasteiger partial charge in [0, 0.05) is 27.2 Å². The summed E-state index contributed by atoms with van der Waals surface area (Å²) in [6, 6.07) is 9.05. The van der Waals surface area contributed by atoms with Crippen molar-refractivity contribution in [3.05, 3.63) is 28.7 Å². The van der Waals surface area contributed by atoms with Gasteiger partial charge in [0.25, 0.3) is 0 Å². The lowest BCUT2D eigenvalue weighted by molar-refractivity contribution is 0.747. The van der Waals surface area contributed by atoms with Gasteiger partial charge in [-0.2, -0.15) is 11.8 Å². The number of thioether (sulfide) groups is 1. The summed E-state index contributed by atoms with van der Waals surface area (Å²) in [4.78, 5) is 0. The van der Waals surface area contributed by atoms with Crippen molar-refractivity contribution in [2.45, 2.75) is 24.6 Å². The van der Waals surface area contributed by atoms with Crippen molar-refractivity contribution in [1.82, 2.24) is 0 Å². The van der Waals surface area contributed by atoms with Crippen molar-refractivity contribution in [1.29, 1.82) is 0 Å². The second-order valence-electron chi connectivity index (χ2n) is 3.73. The molecule has 2 unspecified atom stereocenters. The lowest BCUT2D eigenvalue weighted by atomic mass is 10.2. The van der Waals surface area contributed by atoms with Crippen molar-refractivity contribution >= 4 is 33.4 Å². The minimum Gasteiger partial charge on any atom is -0.381 e. The second kappa shape index (κ2) is 4.58. The first kappa shape index (κ1) is 10.4. The van der Waals surface area contributed by atoms with Gasteiger partial charge in [-0.1, -0.05) is 22.9 Å². The first-order valence-electron chi connectivity index (χ1n) is 4.88. The fourth-order valence-corrected chi connectivity index (χ4v) is 3.11. The first-order valence-corrected chi connectivity index (χ1v) is 6.72. The summed E-state index contributed by atoms with van der Waals surface area (Å²) in [5.41, 5.74) is 1.23. The van der Waals surface area contributed by atoms with Gasteiger partial charge in [0.1, 0.15) is 0 Å². The zero-order valence-corrected chi connectivity index (χ0v) is 10.6. The smallest absolute Gasteiger partial charge is 0.0362 e. The molecule has 0 aromatic heterocycles. The Labute approximate surface area is 97.8 Å². The number of hydrogen-bond donors (Lipinski definition) is 1. The topological polar surface area (TPSA) is 12.0 Å². The van der Waals surface area contributed by atoms with Gasteiger partial charge in [-0.15, -0.1) is 0 Å². The van der Waals surface area contributed by atoms with E-state index in [0.29, 0.717) is 6.04 Å². The SMILES string of the molecule is CC1CC(Nc2ccc(Br)cc2)CS1. The number of rotatable bonds is 2. The van der Waals surface area contributed by atoms with Crippen LogP contribution in [0.2, 0.25) is 0 Å². The molecule has 14 heavy (non-hydrogen) atoms. The van der Waals surface area contributed by atoms with Gasteiger partial charge in [0.15, 0.2) is 0 Å². The number of benzene rings is 1. The molecular weight excluding hydrogens is 258 g/mol. The summed E-state index contributed by atoms with van der Waals surface area (Å²) < 4.78 is 1.14. The summed E-state index contributed by atoms with van der Waals surface area (Å²) in [6.45, 7) is 2.30. The maximum atomic E-state index is 3.56. The fourth-order valence-electron chi connectivity index (χ4n) is 1.70. The normalized spacial score (nSPS) is 26.4. The summed E-state index contributed by atoms with van der Waals surface area (Å²) in [5.74, 6) is 1.23. The molecule has 2 atom stereocenters. The molecule has 0 radical (unpaired) electrons. The quantitative estimate of drug-likeness (QED) is 0.879. The van der Waals surface area contributed by atoms with Crippen LogP contribution < -0.4 is 5.32 Å². The van der Waals surface area contributed by atoms with Gasteiger partial charge < -0.3 is 5.32 Å². The highest BCUT2D eigenvalue weighted by Crippen LogP contribution is 2.28. The van der Waals surface area contributed by atoms with E-state index >= 15 is 0 Å². The summed E-state index contributed by atoms with van der Waals surface area (Å²) in [5, 5.41) is 4.37. The number of hydrogen-bond acceptors (Lipinski definition) is 2. The summed E-state index contributed by atoms with van der Waals surface area (Å²) >= 11 is 5.49. The molecule has 1 aromatic carbocycles. The van der Waals surface area contributed by atoms with Crippen molar-refractivity contribution in [2.75, 3.05) is 11.1 Å². The molecule has 1 fully saturated rings. The van der Waals surface area contributed by atoms with Crippen LogP contribution in [-0.4, -0.2) is 17.0 Å². The van der Waals surface area contributed by atoms with Crippen LogP contribution in [-0.2, 0) is 0 Å². The molecule has 76 valence electrons. The third-order valence-electron chi connectivity index (χ3n) is 2.41. The van der Waals surface area contributed by atoms with Crippen molar-refractivity contribution in [3.63, 3.8) is 0 Å². The Morgan fingerprint density at radius 1 is 1.36 bits per heavy atom. The van der Waals surface area contributed by atoms with Crippen LogP contribution in [0.25, 0.3) is 0 Å². The van der Waals surface area contributed by atoms with Crippen molar-refractivity contribution in [3.8, 4) is 0 Å². The molecule has 1 nitrogen and oxygen atoms in total. The molecular formula is C11H14BrNS. The molecule has 1 aromatic rings. The summed E-state index contributed by atoms with van der Waals surface area (Å²) in [6.07, 6.45) is 1.28. The van der Waals surface area contributed by atoms with Crippen LogP contribution >= 0.6 is 27.7 Å². The molecule has 1 saturated heterocycles. The molecule has 1 heterocycles. The molecule has 2 rings (SSSR count). The first-order chi connectivity index (χ1) is 6.74. The average molecular weight is 272 g/mol. The molecule has 1 N–H and O–H groups in total. The Morgan fingerprint density at radius 2 is 2.07 bits per heavy atom. The molecule has 0 amide bonds. The highest BCUT2D eigenvalue weighted by atomic mass is 79.9. The lowest BCUT2D eigenvalue weighted by Gasteiger charge is -2.12. The Morgan fingerprint density at radius 3 is 2.64 bits per heavy atom. The van der Waals surface area contributed by atoms with Crippen molar-refractivity contribution < 1.29 is 0 Å². The van der Waals surface area contributed by atoms with E-state index in [4.69, 9.17) is 0 Å².